The van der Waals surface area contributed by atoms with Crippen LogP contribution in [0.25, 0.3) is 0 Å². The van der Waals surface area contributed by atoms with Gasteiger partial charge in [-0.15, -0.1) is 0 Å². The van der Waals surface area contributed by atoms with Gasteiger partial charge in [0.15, 0.2) is 5.89 Å². The molecule has 0 bridgehead atoms. The number of nitrogens with zero attached hydrogens (tertiary/aromatic N) is 5. The van der Waals surface area contributed by atoms with Gasteiger partial charge in [0.1, 0.15) is 11.9 Å². The predicted molar refractivity (Wildman–Crippen MR) is 110 cm³/mol. The second-order valence-corrected chi connectivity index (χ2v) is 8.11. The van der Waals surface area contributed by atoms with Crippen molar-refractivity contribution in [2.24, 2.45) is 0 Å². The zero-order valence-corrected chi connectivity index (χ0v) is 17.5. The Morgan fingerprint density at radius 3 is 2.73 bits per heavy atom. The minimum atomic E-state index is -0.343. The predicted octanol–water partition coefficient (Wildman–Crippen LogP) is 2.96. The third-order valence-electron chi connectivity index (χ3n) is 5.57. The second-order valence-electron chi connectivity index (χ2n) is 7.70. The number of piperazine rings is 1. The SMILES string of the molecule is Cc1nc(C#N)c(N2CCN(C(=O)CN(Cc3c(F)cccc3Cl)C3CC3)CC2)o1. The first-order valence-corrected chi connectivity index (χ1v) is 10.4. The number of halogens is 2. The van der Waals surface area contributed by atoms with Gasteiger partial charge in [-0.25, -0.2) is 9.37 Å². The highest BCUT2D eigenvalue weighted by molar-refractivity contribution is 6.31. The number of rotatable bonds is 6. The van der Waals surface area contributed by atoms with E-state index in [1.165, 1.54) is 6.07 Å². The molecule has 30 heavy (non-hydrogen) atoms. The lowest BCUT2D eigenvalue weighted by molar-refractivity contribution is -0.133. The average Bonchev–Trinajstić information content (AvgIpc) is 3.51. The molecule has 1 saturated carbocycles. The molecule has 1 amide bonds. The second kappa shape index (κ2) is 8.62. The molecule has 7 nitrogen and oxygen atoms in total. The molecule has 1 aromatic carbocycles. The van der Waals surface area contributed by atoms with Crippen LogP contribution < -0.4 is 4.90 Å². The lowest BCUT2D eigenvalue weighted by Gasteiger charge is -2.35. The van der Waals surface area contributed by atoms with Gasteiger partial charge in [-0.1, -0.05) is 17.7 Å². The number of benzene rings is 1. The summed E-state index contributed by atoms with van der Waals surface area (Å²) in [6.45, 7) is 4.46. The van der Waals surface area contributed by atoms with Crippen molar-refractivity contribution in [1.82, 2.24) is 14.8 Å². The van der Waals surface area contributed by atoms with Crippen molar-refractivity contribution in [2.45, 2.75) is 32.4 Å². The van der Waals surface area contributed by atoms with E-state index in [1.807, 2.05) is 14.7 Å². The first kappa shape index (κ1) is 20.6. The van der Waals surface area contributed by atoms with E-state index >= 15 is 0 Å². The molecule has 0 atom stereocenters. The number of nitriles is 1. The molecule has 1 aromatic heterocycles. The molecule has 0 unspecified atom stereocenters. The fourth-order valence-electron chi connectivity index (χ4n) is 3.78. The first-order valence-electron chi connectivity index (χ1n) is 10.0. The Morgan fingerprint density at radius 2 is 2.10 bits per heavy atom. The molecule has 0 radical (unpaired) electrons. The van der Waals surface area contributed by atoms with Gasteiger partial charge >= 0.3 is 0 Å². The minimum Gasteiger partial charge on any atom is -0.424 e. The van der Waals surface area contributed by atoms with E-state index in [2.05, 4.69) is 11.1 Å². The number of carbonyl (C=O) groups excluding carboxylic acids is 1. The Balaban J connectivity index is 1.37. The van der Waals surface area contributed by atoms with E-state index < -0.39 is 0 Å². The molecule has 2 heterocycles. The molecule has 2 fully saturated rings. The number of aryl methyl sites for hydroxylation is 1. The summed E-state index contributed by atoms with van der Waals surface area (Å²) >= 11 is 6.18. The molecule has 0 spiro atoms. The Bertz CT molecular complexity index is 956. The van der Waals surface area contributed by atoms with Gasteiger partial charge in [0.2, 0.25) is 17.5 Å². The first-order chi connectivity index (χ1) is 14.5. The van der Waals surface area contributed by atoms with Crippen LogP contribution in [-0.2, 0) is 11.3 Å². The molecule has 0 N–H and O–H groups in total. The van der Waals surface area contributed by atoms with Crippen LogP contribution in [0.2, 0.25) is 5.02 Å². The standard InChI is InChI=1S/C21H23ClFN5O2/c1-14-25-19(11-24)21(30-14)27-9-7-26(8-10-27)20(29)13-28(15-5-6-15)12-16-17(22)3-2-4-18(16)23/h2-4,15H,5-10,12-13H2,1H3. The van der Waals surface area contributed by atoms with E-state index in [0.717, 1.165) is 12.8 Å². The molecule has 158 valence electrons. The van der Waals surface area contributed by atoms with Crippen LogP contribution in [0.15, 0.2) is 22.6 Å². The maximum absolute atomic E-state index is 14.2. The fourth-order valence-corrected chi connectivity index (χ4v) is 4.00. The number of carbonyl (C=O) groups is 1. The van der Waals surface area contributed by atoms with E-state index in [1.54, 1.807) is 19.1 Å². The minimum absolute atomic E-state index is 0.0169. The topological polar surface area (TPSA) is 76.6 Å². The van der Waals surface area contributed by atoms with E-state index in [-0.39, 0.29) is 24.0 Å². The molecule has 4 rings (SSSR count). The molecular formula is C21H23ClFN5O2. The lowest BCUT2D eigenvalue weighted by Crippen LogP contribution is -2.51. The van der Waals surface area contributed by atoms with E-state index in [0.29, 0.717) is 61.1 Å². The van der Waals surface area contributed by atoms with Crippen molar-refractivity contribution < 1.29 is 13.6 Å². The highest BCUT2D eigenvalue weighted by Crippen LogP contribution is 2.31. The summed E-state index contributed by atoms with van der Waals surface area (Å²) in [4.78, 5) is 22.8. The van der Waals surface area contributed by atoms with Gasteiger partial charge in [-0.05, 0) is 25.0 Å². The van der Waals surface area contributed by atoms with Gasteiger partial charge in [0.25, 0.3) is 0 Å². The smallest absolute Gasteiger partial charge is 0.236 e. The maximum atomic E-state index is 14.2. The molecule has 2 aromatic rings. The molecular weight excluding hydrogens is 409 g/mol. The Hall–Kier alpha value is -2.63. The number of anilines is 1. The Morgan fingerprint density at radius 1 is 1.37 bits per heavy atom. The highest BCUT2D eigenvalue weighted by atomic mass is 35.5. The average molecular weight is 432 g/mol. The van der Waals surface area contributed by atoms with E-state index in [9.17, 15) is 14.4 Å². The zero-order chi connectivity index (χ0) is 21.3. The summed E-state index contributed by atoms with van der Waals surface area (Å²) < 4.78 is 19.8. The molecule has 1 aliphatic carbocycles. The third-order valence-corrected chi connectivity index (χ3v) is 5.92. The van der Waals surface area contributed by atoms with Gasteiger partial charge in [0.05, 0.1) is 6.54 Å². The Labute approximate surface area is 179 Å². The monoisotopic (exact) mass is 431 g/mol. The fraction of sp³-hybridized carbons (Fsp3) is 0.476. The van der Waals surface area contributed by atoms with Crippen LogP contribution in [0.5, 0.6) is 0 Å². The normalized spacial score (nSPS) is 16.8. The van der Waals surface area contributed by atoms with Crippen LogP contribution >= 0.6 is 11.6 Å². The quantitative estimate of drug-likeness (QED) is 0.699. The van der Waals surface area contributed by atoms with E-state index in [4.69, 9.17) is 16.0 Å². The van der Waals surface area contributed by atoms with Crippen molar-refractivity contribution >= 4 is 23.4 Å². The molecule has 1 saturated heterocycles. The van der Waals surface area contributed by atoms with Crippen LogP contribution in [0.3, 0.4) is 0 Å². The number of aromatic nitrogens is 1. The molecule has 9 heteroatoms. The summed E-state index contributed by atoms with van der Waals surface area (Å²) in [6, 6.07) is 7.00. The molecule has 1 aliphatic heterocycles. The van der Waals surface area contributed by atoms with Crippen LogP contribution in [-0.4, -0.2) is 59.5 Å². The maximum Gasteiger partial charge on any atom is 0.236 e. The Kier molecular flexibility index (Phi) is 5.93. The van der Waals surface area contributed by atoms with Crippen molar-refractivity contribution in [3.05, 3.63) is 46.2 Å². The summed E-state index contributed by atoms with van der Waals surface area (Å²) in [5.74, 6) is 0.593. The van der Waals surface area contributed by atoms with Crippen LogP contribution in [0.4, 0.5) is 10.3 Å². The number of hydrogen-bond donors (Lipinski definition) is 0. The number of hydrogen-bond acceptors (Lipinski definition) is 6. The molecule has 2 aliphatic rings. The number of amides is 1. The van der Waals surface area contributed by atoms with Gasteiger partial charge in [0, 0.05) is 56.3 Å². The van der Waals surface area contributed by atoms with Crippen molar-refractivity contribution in [3.63, 3.8) is 0 Å². The van der Waals surface area contributed by atoms with Gasteiger partial charge in [-0.3, -0.25) is 9.69 Å². The van der Waals surface area contributed by atoms with Crippen molar-refractivity contribution in [3.8, 4) is 6.07 Å². The van der Waals surface area contributed by atoms with Gasteiger partial charge < -0.3 is 14.2 Å². The van der Waals surface area contributed by atoms with Gasteiger partial charge in [-0.2, -0.15) is 5.26 Å². The summed E-state index contributed by atoms with van der Waals surface area (Å²) in [6.07, 6.45) is 2.02. The summed E-state index contributed by atoms with van der Waals surface area (Å²) in [7, 11) is 0. The van der Waals surface area contributed by atoms with Crippen LogP contribution in [0.1, 0.15) is 30.0 Å². The summed E-state index contributed by atoms with van der Waals surface area (Å²) in [5, 5.41) is 9.60. The van der Waals surface area contributed by atoms with Crippen molar-refractivity contribution in [2.75, 3.05) is 37.6 Å². The number of oxazole rings is 1. The van der Waals surface area contributed by atoms with Crippen molar-refractivity contribution in [1.29, 1.82) is 5.26 Å². The lowest BCUT2D eigenvalue weighted by atomic mass is 10.2. The van der Waals surface area contributed by atoms with Crippen LogP contribution in [0, 0.1) is 24.1 Å². The summed E-state index contributed by atoms with van der Waals surface area (Å²) in [5.41, 5.74) is 0.711. The largest absolute Gasteiger partial charge is 0.424 e. The highest BCUT2D eigenvalue weighted by Gasteiger charge is 2.33. The third kappa shape index (κ3) is 4.42. The zero-order valence-electron chi connectivity index (χ0n) is 16.8.